The molecule has 0 aliphatic heterocycles. The van der Waals surface area contributed by atoms with Gasteiger partial charge in [0.05, 0.1) is 0 Å². The fourth-order valence-electron chi connectivity index (χ4n) is 0.934. The Balaban J connectivity index is 4.08. The van der Waals surface area contributed by atoms with Crippen LogP contribution in [0, 0.1) is 0 Å². The van der Waals surface area contributed by atoms with Crippen LogP contribution in [0.5, 0.6) is 0 Å². The first-order valence-electron chi connectivity index (χ1n) is 3.99. The normalized spacial score (nSPS) is 11.6. The predicted octanol–water partition coefficient (Wildman–Crippen LogP) is 2.30. The maximum atomic E-state index is 3.72. The second-order valence-electron chi connectivity index (χ2n) is 3.65. The van der Waals surface area contributed by atoms with E-state index in [0.717, 1.165) is 13.1 Å². The smallest absolute Gasteiger partial charge is 0.141 e. The predicted molar refractivity (Wildman–Crippen MR) is 52.0 cm³/mol. The third-order valence-corrected chi connectivity index (χ3v) is 1.65. The van der Waals surface area contributed by atoms with E-state index in [4.69, 9.17) is 0 Å². The summed E-state index contributed by atoms with van der Waals surface area (Å²) < 4.78 is 0. The summed E-state index contributed by atoms with van der Waals surface area (Å²) in [6.07, 6.45) is 3.85. The Hall–Kier alpha value is -0.560. The van der Waals surface area contributed by atoms with E-state index in [-0.39, 0.29) is 5.54 Å². The summed E-state index contributed by atoms with van der Waals surface area (Å²) in [6.45, 7) is 15.9. The van der Waals surface area contributed by atoms with Crippen molar-refractivity contribution in [2.45, 2.75) is 26.3 Å². The zero-order valence-electron chi connectivity index (χ0n) is 7.93. The summed E-state index contributed by atoms with van der Waals surface area (Å²) >= 11 is 0. The van der Waals surface area contributed by atoms with Crippen molar-refractivity contribution >= 4 is 0 Å². The van der Waals surface area contributed by atoms with E-state index in [2.05, 4.69) is 38.8 Å². The highest BCUT2D eigenvalue weighted by Gasteiger charge is 2.28. The van der Waals surface area contributed by atoms with Crippen LogP contribution in [0.15, 0.2) is 25.3 Å². The Morgan fingerprint density at radius 2 is 1.45 bits per heavy atom. The molecular formula is C10H19N+. The van der Waals surface area contributed by atoms with Crippen LogP contribution in [0.25, 0.3) is 0 Å². The van der Waals surface area contributed by atoms with Crippen molar-refractivity contribution in [1.29, 1.82) is 0 Å². The first-order chi connectivity index (χ1) is 5.02. The quantitative estimate of drug-likeness (QED) is 0.432. The van der Waals surface area contributed by atoms with Gasteiger partial charge < -0.3 is 0 Å². The lowest BCUT2D eigenvalue weighted by Gasteiger charge is -2.22. The van der Waals surface area contributed by atoms with Gasteiger partial charge in [-0.3, -0.25) is 0 Å². The van der Waals surface area contributed by atoms with Crippen LogP contribution in [-0.2, 0) is 0 Å². The topological polar surface area (TPSA) is 5.90 Å². The molecule has 0 saturated carbocycles. The van der Waals surface area contributed by atoms with Crippen molar-refractivity contribution in [2.24, 2.45) is 0 Å². The maximum absolute atomic E-state index is 3.72. The third kappa shape index (κ3) is 3.99. The molecule has 63 valence electrons. The molecule has 11 heavy (non-hydrogen) atoms. The Bertz CT molecular complexity index is 120. The number of nitrogens with zero attached hydrogens (tertiary/aromatic N) is 1. The van der Waals surface area contributed by atoms with Crippen molar-refractivity contribution in [3.8, 4) is 0 Å². The Morgan fingerprint density at radius 1 is 1.09 bits per heavy atom. The van der Waals surface area contributed by atoms with Gasteiger partial charge in [-0.2, -0.15) is 4.90 Å². The molecule has 0 saturated heterocycles. The van der Waals surface area contributed by atoms with Crippen molar-refractivity contribution in [1.82, 2.24) is 4.90 Å². The highest BCUT2D eigenvalue weighted by Crippen LogP contribution is 2.08. The fourth-order valence-corrected chi connectivity index (χ4v) is 0.934. The van der Waals surface area contributed by atoms with Gasteiger partial charge in [0.2, 0.25) is 0 Å². The van der Waals surface area contributed by atoms with Gasteiger partial charge in [-0.25, -0.2) is 0 Å². The number of hydrogen-bond donors (Lipinski definition) is 0. The Kier molecular flexibility index (Phi) is 4.12. The standard InChI is InChI=1S/C10H19N/c1-6-8-11(9-7-2)10(3,4)5/h6-7H,1-2,8-9H2,3-5H3/q+1. The van der Waals surface area contributed by atoms with Gasteiger partial charge in [0.25, 0.3) is 0 Å². The highest BCUT2D eigenvalue weighted by molar-refractivity contribution is 4.91. The second-order valence-corrected chi connectivity index (χ2v) is 3.65. The molecule has 0 heterocycles. The molecule has 0 aromatic heterocycles. The molecule has 0 N–H and O–H groups in total. The fraction of sp³-hybridized carbons (Fsp3) is 0.600. The van der Waals surface area contributed by atoms with Crippen LogP contribution in [0.4, 0.5) is 0 Å². The van der Waals surface area contributed by atoms with E-state index in [9.17, 15) is 0 Å². The molecule has 0 aromatic carbocycles. The van der Waals surface area contributed by atoms with Crippen LogP contribution in [0.1, 0.15) is 20.8 Å². The molecule has 0 bridgehead atoms. The molecule has 0 unspecified atom stereocenters. The van der Waals surface area contributed by atoms with Gasteiger partial charge in [-0.1, -0.05) is 13.2 Å². The van der Waals surface area contributed by atoms with Gasteiger partial charge in [0.15, 0.2) is 0 Å². The van der Waals surface area contributed by atoms with Crippen LogP contribution in [0.2, 0.25) is 0 Å². The summed E-state index contributed by atoms with van der Waals surface area (Å²) in [4.78, 5) is 2.31. The Morgan fingerprint density at radius 3 is 1.64 bits per heavy atom. The average Bonchev–Trinajstić information content (AvgIpc) is 1.85. The van der Waals surface area contributed by atoms with E-state index in [1.807, 2.05) is 12.2 Å². The molecular weight excluding hydrogens is 134 g/mol. The molecule has 0 aromatic rings. The summed E-state index contributed by atoms with van der Waals surface area (Å²) in [6, 6.07) is 0. The zero-order chi connectivity index (χ0) is 8.91. The van der Waals surface area contributed by atoms with Crippen LogP contribution in [-0.4, -0.2) is 18.6 Å². The van der Waals surface area contributed by atoms with E-state index in [1.165, 1.54) is 0 Å². The zero-order valence-corrected chi connectivity index (χ0v) is 7.93. The monoisotopic (exact) mass is 153 g/mol. The van der Waals surface area contributed by atoms with Gasteiger partial charge in [0.1, 0.15) is 18.6 Å². The molecule has 0 spiro atoms. The third-order valence-electron chi connectivity index (χ3n) is 1.65. The SMILES string of the molecule is C=CC[N+](CC=C)C(C)(C)C. The maximum Gasteiger partial charge on any atom is 0.141 e. The lowest BCUT2D eigenvalue weighted by Crippen LogP contribution is -2.46. The van der Waals surface area contributed by atoms with Gasteiger partial charge in [-0.05, 0) is 32.9 Å². The highest BCUT2D eigenvalue weighted by atomic mass is 15.2. The van der Waals surface area contributed by atoms with Crippen molar-refractivity contribution in [3.05, 3.63) is 25.3 Å². The average molecular weight is 153 g/mol. The second kappa shape index (κ2) is 4.35. The van der Waals surface area contributed by atoms with E-state index >= 15 is 0 Å². The minimum atomic E-state index is 0.211. The van der Waals surface area contributed by atoms with Crippen LogP contribution < -0.4 is 4.90 Å². The minimum absolute atomic E-state index is 0.211. The lowest BCUT2D eigenvalue weighted by molar-refractivity contribution is 0.287. The van der Waals surface area contributed by atoms with Gasteiger partial charge in [-0.15, -0.1) is 0 Å². The van der Waals surface area contributed by atoms with Gasteiger partial charge in [0, 0.05) is 0 Å². The molecule has 0 aliphatic carbocycles. The largest absolute Gasteiger partial charge is 0.158 e. The van der Waals surface area contributed by atoms with Crippen molar-refractivity contribution in [2.75, 3.05) is 13.1 Å². The van der Waals surface area contributed by atoms with Crippen LogP contribution >= 0.6 is 0 Å². The molecule has 0 fully saturated rings. The molecule has 1 nitrogen and oxygen atoms in total. The van der Waals surface area contributed by atoms with Crippen molar-refractivity contribution in [3.63, 3.8) is 0 Å². The van der Waals surface area contributed by atoms with E-state index in [1.54, 1.807) is 0 Å². The first-order valence-corrected chi connectivity index (χ1v) is 3.99. The minimum Gasteiger partial charge on any atom is -0.158 e. The summed E-state index contributed by atoms with van der Waals surface area (Å²) in [5.74, 6) is 0. The molecule has 0 aliphatic rings. The number of rotatable bonds is 4. The summed E-state index contributed by atoms with van der Waals surface area (Å²) in [5, 5.41) is 0. The molecule has 1 heteroatoms. The van der Waals surface area contributed by atoms with Crippen LogP contribution in [0.3, 0.4) is 0 Å². The van der Waals surface area contributed by atoms with E-state index < -0.39 is 0 Å². The van der Waals surface area contributed by atoms with E-state index in [0.29, 0.717) is 0 Å². The Labute approximate surface area is 70.4 Å². The van der Waals surface area contributed by atoms with Crippen molar-refractivity contribution < 1.29 is 0 Å². The van der Waals surface area contributed by atoms with Gasteiger partial charge >= 0.3 is 0 Å². The molecule has 0 amide bonds. The molecule has 0 rings (SSSR count). The summed E-state index contributed by atoms with van der Waals surface area (Å²) in [5.41, 5.74) is 0.211. The number of hydrogen-bond acceptors (Lipinski definition) is 1. The molecule has 1 radical (unpaired) electrons. The lowest BCUT2D eigenvalue weighted by atomic mass is 10.1. The summed E-state index contributed by atoms with van der Waals surface area (Å²) in [7, 11) is 0. The molecule has 0 atom stereocenters. The first kappa shape index (κ1) is 10.4.